The van der Waals surface area contributed by atoms with Gasteiger partial charge < -0.3 is 18.7 Å². The summed E-state index contributed by atoms with van der Waals surface area (Å²) in [5.74, 6) is 1.17. The van der Waals surface area contributed by atoms with E-state index < -0.39 is 0 Å². The van der Waals surface area contributed by atoms with Crippen LogP contribution >= 0.6 is 0 Å². The van der Waals surface area contributed by atoms with Gasteiger partial charge in [0.25, 0.3) is 5.89 Å². The Morgan fingerprint density at radius 2 is 1.93 bits per heavy atom. The van der Waals surface area contributed by atoms with Gasteiger partial charge in [-0.25, -0.2) is 4.98 Å². The van der Waals surface area contributed by atoms with Crippen LogP contribution in [0.25, 0.3) is 22.6 Å². The van der Waals surface area contributed by atoms with E-state index in [0.29, 0.717) is 24.1 Å². The molecule has 29 heavy (non-hydrogen) atoms. The van der Waals surface area contributed by atoms with Gasteiger partial charge in [-0.2, -0.15) is 0 Å². The van der Waals surface area contributed by atoms with E-state index in [1.807, 2.05) is 53.4 Å². The minimum absolute atomic E-state index is 0.255. The van der Waals surface area contributed by atoms with Crippen molar-refractivity contribution in [3.8, 4) is 11.6 Å². The maximum absolute atomic E-state index is 6.18. The highest BCUT2D eigenvalue weighted by Crippen LogP contribution is 2.38. The van der Waals surface area contributed by atoms with Gasteiger partial charge in [-0.3, -0.25) is 4.98 Å². The van der Waals surface area contributed by atoms with Crippen molar-refractivity contribution in [2.75, 3.05) is 11.4 Å². The fourth-order valence-electron chi connectivity index (χ4n) is 3.83. The second-order valence-corrected chi connectivity index (χ2v) is 6.90. The third-order valence-corrected chi connectivity index (χ3v) is 5.18. The molecule has 142 valence electrons. The SMILES string of the molecule is c1ccc(-c2nnc(N3CCc4[nH]cnc4[C@H]3c3cc4ccccc4o3)o2)nc1. The van der Waals surface area contributed by atoms with E-state index in [1.165, 1.54) is 0 Å². The first-order chi connectivity index (χ1) is 14.4. The van der Waals surface area contributed by atoms with Crippen LogP contribution in [0.15, 0.2) is 69.9 Å². The number of nitrogens with one attached hydrogen (secondary N) is 1. The number of hydrogen-bond acceptors (Lipinski definition) is 7. The summed E-state index contributed by atoms with van der Waals surface area (Å²) in [6.45, 7) is 0.695. The maximum Gasteiger partial charge on any atom is 0.319 e. The lowest BCUT2D eigenvalue weighted by molar-refractivity contribution is 0.453. The van der Waals surface area contributed by atoms with Crippen molar-refractivity contribution in [3.63, 3.8) is 0 Å². The second-order valence-electron chi connectivity index (χ2n) is 6.90. The number of rotatable bonds is 3. The van der Waals surface area contributed by atoms with E-state index >= 15 is 0 Å². The van der Waals surface area contributed by atoms with Crippen LogP contribution in [0.1, 0.15) is 23.2 Å². The minimum atomic E-state index is -0.255. The summed E-state index contributed by atoms with van der Waals surface area (Å²) in [6.07, 6.45) is 4.22. The van der Waals surface area contributed by atoms with E-state index in [-0.39, 0.29) is 6.04 Å². The molecule has 1 aliphatic rings. The van der Waals surface area contributed by atoms with Gasteiger partial charge in [-0.05, 0) is 24.3 Å². The number of furan rings is 1. The molecule has 0 spiro atoms. The number of aromatic nitrogens is 5. The molecule has 1 atom stereocenters. The molecule has 6 rings (SSSR count). The van der Waals surface area contributed by atoms with Crippen LogP contribution in [0.3, 0.4) is 0 Å². The Labute approximate surface area is 165 Å². The Balaban J connectivity index is 1.45. The zero-order valence-corrected chi connectivity index (χ0v) is 15.3. The van der Waals surface area contributed by atoms with Crippen LogP contribution in [0.5, 0.6) is 0 Å². The zero-order chi connectivity index (χ0) is 19.2. The summed E-state index contributed by atoms with van der Waals surface area (Å²) in [4.78, 5) is 14.1. The van der Waals surface area contributed by atoms with Crippen molar-refractivity contribution in [2.24, 2.45) is 0 Å². The first-order valence-corrected chi connectivity index (χ1v) is 9.39. The number of para-hydroxylation sites is 1. The average Bonchev–Trinajstić information content (AvgIpc) is 3.52. The minimum Gasteiger partial charge on any atom is -0.458 e. The van der Waals surface area contributed by atoms with Crippen molar-refractivity contribution in [1.82, 2.24) is 25.1 Å². The molecule has 8 nitrogen and oxygen atoms in total. The molecule has 1 aromatic carbocycles. The van der Waals surface area contributed by atoms with Crippen LogP contribution in [0, 0.1) is 0 Å². The summed E-state index contributed by atoms with van der Waals surface area (Å²) < 4.78 is 12.2. The molecular formula is C21H16N6O2. The summed E-state index contributed by atoms with van der Waals surface area (Å²) in [7, 11) is 0. The third-order valence-electron chi connectivity index (χ3n) is 5.18. The number of H-pyrrole nitrogens is 1. The van der Waals surface area contributed by atoms with Gasteiger partial charge in [0.2, 0.25) is 0 Å². The molecule has 0 unspecified atom stereocenters. The highest BCUT2D eigenvalue weighted by molar-refractivity contribution is 5.78. The zero-order valence-electron chi connectivity index (χ0n) is 15.3. The van der Waals surface area contributed by atoms with Gasteiger partial charge in [-0.15, -0.1) is 5.10 Å². The van der Waals surface area contributed by atoms with Gasteiger partial charge in [0, 0.05) is 30.2 Å². The molecule has 0 amide bonds. The standard InChI is InChI=1S/C21H16N6O2/c1-2-7-16-13(5-1)11-17(28-16)19-18-14(23-12-24-18)8-10-27(19)21-26-25-20(29-21)15-6-3-4-9-22-15/h1-7,9,11-12,19H,8,10H2,(H,23,24)/t19-/m1/s1. The highest BCUT2D eigenvalue weighted by Gasteiger charge is 2.36. The number of imidazole rings is 1. The summed E-state index contributed by atoms with van der Waals surface area (Å²) in [5, 5.41) is 9.54. The molecule has 0 saturated heterocycles. The molecule has 0 radical (unpaired) electrons. The topological polar surface area (TPSA) is 96.9 Å². The molecule has 1 N–H and O–H groups in total. The van der Waals surface area contributed by atoms with E-state index in [1.54, 1.807) is 12.5 Å². The number of nitrogens with zero attached hydrogens (tertiary/aromatic N) is 5. The quantitative estimate of drug-likeness (QED) is 0.506. The van der Waals surface area contributed by atoms with Crippen LogP contribution in [-0.2, 0) is 6.42 Å². The molecule has 0 fully saturated rings. The Morgan fingerprint density at radius 1 is 1.00 bits per heavy atom. The predicted octanol–water partition coefficient (Wildman–Crippen LogP) is 3.75. The second kappa shape index (κ2) is 6.30. The van der Waals surface area contributed by atoms with E-state index in [9.17, 15) is 0 Å². The Bertz CT molecular complexity index is 1260. The van der Waals surface area contributed by atoms with Gasteiger partial charge in [-0.1, -0.05) is 29.4 Å². The molecule has 0 saturated carbocycles. The van der Waals surface area contributed by atoms with Crippen LogP contribution in [0.2, 0.25) is 0 Å². The fourth-order valence-corrected chi connectivity index (χ4v) is 3.83. The molecule has 4 aromatic heterocycles. The summed E-state index contributed by atoms with van der Waals surface area (Å²) >= 11 is 0. The maximum atomic E-state index is 6.18. The third kappa shape index (κ3) is 2.60. The molecule has 1 aliphatic heterocycles. The average molecular weight is 384 g/mol. The Morgan fingerprint density at radius 3 is 2.83 bits per heavy atom. The van der Waals surface area contributed by atoms with E-state index in [4.69, 9.17) is 8.83 Å². The number of pyridine rings is 1. The van der Waals surface area contributed by atoms with Crippen molar-refractivity contribution in [1.29, 1.82) is 0 Å². The van der Waals surface area contributed by atoms with Gasteiger partial charge in [0.15, 0.2) is 0 Å². The van der Waals surface area contributed by atoms with Crippen molar-refractivity contribution in [2.45, 2.75) is 12.5 Å². The van der Waals surface area contributed by atoms with Crippen molar-refractivity contribution >= 4 is 17.0 Å². The lowest BCUT2D eigenvalue weighted by Gasteiger charge is -2.31. The Kier molecular flexibility index (Phi) is 3.49. The van der Waals surface area contributed by atoms with Crippen LogP contribution in [0.4, 0.5) is 6.01 Å². The van der Waals surface area contributed by atoms with E-state index in [2.05, 4.69) is 25.1 Å². The smallest absolute Gasteiger partial charge is 0.319 e. The van der Waals surface area contributed by atoms with Gasteiger partial charge in [0.1, 0.15) is 23.1 Å². The van der Waals surface area contributed by atoms with Gasteiger partial charge >= 0.3 is 6.01 Å². The van der Waals surface area contributed by atoms with E-state index in [0.717, 1.165) is 34.5 Å². The normalized spacial score (nSPS) is 16.3. The molecule has 5 aromatic rings. The van der Waals surface area contributed by atoms with Crippen LogP contribution in [-0.4, -0.2) is 31.7 Å². The molecular weight excluding hydrogens is 368 g/mol. The number of hydrogen-bond donors (Lipinski definition) is 1. The first kappa shape index (κ1) is 16.1. The molecule has 8 heteroatoms. The molecule has 0 aliphatic carbocycles. The summed E-state index contributed by atoms with van der Waals surface area (Å²) in [6, 6.07) is 15.8. The lowest BCUT2D eigenvalue weighted by atomic mass is 10.0. The van der Waals surface area contributed by atoms with Crippen molar-refractivity contribution < 1.29 is 8.83 Å². The fraction of sp³-hybridized carbons (Fsp3) is 0.143. The number of benzene rings is 1. The van der Waals surface area contributed by atoms with Gasteiger partial charge in [0.05, 0.1) is 12.0 Å². The van der Waals surface area contributed by atoms with Crippen molar-refractivity contribution in [3.05, 3.63) is 78.2 Å². The predicted molar refractivity (Wildman–Crippen MR) is 105 cm³/mol. The number of aromatic amines is 1. The largest absolute Gasteiger partial charge is 0.458 e. The Hall–Kier alpha value is -3.94. The molecule has 5 heterocycles. The molecule has 0 bridgehead atoms. The number of anilines is 1. The first-order valence-electron chi connectivity index (χ1n) is 9.39. The lowest BCUT2D eigenvalue weighted by Crippen LogP contribution is -2.36. The highest BCUT2D eigenvalue weighted by atomic mass is 16.4. The summed E-state index contributed by atoms with van der Waals surface area (Å²) in [5.41, 5.74) is 3.48. The number of fused-ring (bicyclic) bond motifs is 2. The van der Waals surface area contributed by atoms with Crippen LogP contribution < -0.4 is 4.90 Å². The monoisotopic (exact) mass is 384 g/mol.